The number of benzene rings is 1. The van der Waals surface area contributed by atoms with E-state index in [2.05, 4.69) is 4.90 Å². The molecule has 0 N–H and O–H groups in total. The van der Waals surface area contributed by atoms with Gasteiger partial charge in [0.15, 0.2) is 11.5 Å². The van der Waals surface area contributed by atoms with Gasteiger partial charge >= 0.3 is 0 Å². The average molecular weight is 372 g/mol. The van der Waals surface area contributed by atoms with E-state index < -0.39 is 16.2 Å². The number of alkyl halides is 1. The van der Waals surface area contributed by atoms with Gasteiger partial charge in [-0.2, -0.15) is 4.31 Å². The van der Waals surface area contributed by atoms with Gasteiger partial charge in [0.2, 0.25) is 10.0 Å². The number of fused-ring (bicyclic) bond motifs is 1. The van der Waals surface area contributed by atoms with Crippen molar-refractivity contribution >= 4 is 10.0 Å². The largest absolute Gasteiger partial charge is 0.486 e. The van der Waals surface area contributed by atoms with E-state index in [0.29, 0.717) is 39.4 Å². The van der Waals surface area contributed by atoms with Crippen LogP contribution in [0, 0.1) is 0 Å². The van der Waals surface area contributed by atoms with E-state index in [1.165, 1.54) is 11.2 Å². The quantitative estimate of drug-likeness (QED) is 0.760. The van der Waals surface area contributed by atoms with Gasteiger partial charge < -0.3 is 9.47 Å². The van der Waals surface area contributed by atoms with Crippen molar-refractivity contribution in [2.45, 2.75) is 26.1 Å². The summed E-state index contributed by atoms with van der Waals surface area (Å²) in [6.07, 6.45) is -1.04. The van der Waals surface area contributed by atoms with Crippen LogP contribution in [0.4, 0.5) is 4.39 Å². The third-order valence-corrected chi connectivity index (χ3v) is 6.41. The summed E-state index contributed by atoms with van der Waals surface area (Å²) in [6, 6.07) is 5.92. The molecule has 1 aromatic rings. The van der Waals surface area contributed by atoms with E-state index >= 15 is 0 Å². The number of rotatable bonds is 6. The smallest absolute Gasteiger partial charge is 0.214 e. The highest BCUT2D eigenvalue weighted by Gasteiger charge is 2.27. The summed E-state index contributed by atoms with van der Waals surface area (Å²) in [5, 5.41) is 0. The monoisotopic (exact) mass is 372 g/mol. The van der Waals surface area contributed by atoms with Gasteiger partial charge in [-0.05, 0) is 31.0 Å². The minimum atomic E-state index is -3.36. The molecule has 25 heavy (non-hydrogen) atoms. The molecule has 0 aliphatic carbocycles. The van der Waals surface area contributed by atoms with Crippen LogP contribution in [0.5, 0.6) is 11.5 Å². The van der Waals surface area contributed by atoms with E-state index in [0.717, 1.165) is 23.6 Å². The SMILES string of the molecule is C[C@H](F)CCS(=O)(=O)N1CCN(Cc2ccc3c(c2)OCCO3)CC1. The van der Waals surface area contributed by atoms with E-state index in [1.807, 2.05) is 18.2 Å². The molecule has 2 aliphatic heterocycles. The standard InChI is InChI=1S/C17H25FN2O4S/c1-14(18)4-11-25(21,22)20-7-5-19(6-8-20)13-15-2-3-16-17(12-15)24-10-9-23-16/h2-3,12,14H,4-11,13H2,1H3/t14-/m0/s1. The molecule has 0 radical (unpaired) electrons. The van der Waals surface area contributed by atoms with Crippen LogP contribution < -0.4 is 9.47 Å². The lowest BCUT2D eigenvalue weighted by atomic mass is 10.1. The molecule has 2 aliphatic rings. The first-order valence-corrected chi connectivity index (χ1v) is 10.3. The third-order valence-electron chi connectivity index (χ3n) is 4.51. The zero-order valence-electron chi connectivity index (χ0n) is 14.5. The minimum Gasteiger partial charge on any atom is -0.486 e. The molecule has 2 heterocycles. The number of ether oxygens (including phenoxy) is 2. The van der Waals surface area contributed by atoms with Crippen LogP contribution in [0.1, 0.15) is 18.9 Å². The normalized spacial score (nSPS) is 20.4. The predicted octanol–water partition coefficient (Wildman–Crippen LogP) is 1.65. The summed E-state index contributed by atoms with van der Waals surface area (Å²) in [5.74, 6) is 1.42. The molecule has 0 unspecified atom stereocenters. The fraction of sp³-hybridized carbons (Fsp3) is 0.647. The first-order chi connectivity index (χ1) is 11.9. The molecule has 0 spiro atoms. The first-order valence-electron chi connectivity index (χ1n) is 8.67. The molecule has 1 atom stereocenters. The molecule has 6 nitrogen and oxygen atoms in total. The number of nitrogens with zero attached hydrogens (tertiary/aromatic N) is 2. The molecule has 0 saturated carbocycles. The lowest BCUT2D eigenvalue weighted by Crippen LogP contribution is -2.48. The molecule has 8 heteroatoms. The summed E-state index contributed by atoms with van der Waals surface area (Å²) >= 11 is 0. The van der Waals surface area contributed by atoms with Crippen molar-refractivity contribution in [3.63, 3.8) is 0 Å². The van der Waals surface area contributed by atoms with Crippen LogP contribution in [0.2, 0.25) is 0 Å². The summed E-state index contributed by atoms with van der Waals surface area (Å²) in [4.78, 5) is 2.22. The molecule has 0 aromatic heterocycles. The van der Waals surface area contributed by atoms with E-state index in [1.54, 1.807) is 0 Å². The van der Waals surface area contributed by atoms with Gasteiger partial charge in [0.1, 0.15) is 13.2 Å². The second-order valence-corrected chi connectivity index (χ2v) is 8.63. The van der Waals surface area contributed by atoms with Gasteiger partial charge in [0, 0.05) is 32.7 Å². The van der Waals surface area contributed by atoms with Gasteiger partial charge in [0.05, 0.1) is 11.9 Å². The van der Waals surface area contributed by atoms with Crippen molar-refractivity contribution in [3.05, 3.63) is 23.8 Å². The summed E-state index contributed by atoms with van der Waals surface area (Å²) in [6.45, 7) is 5.50. The second-order valence-electron chi connectivity index (χ2n) is 6.54. The Morgan fingerprint density at radius 3 is 2.48 bits per heavy atom. The van der Waals surface area contributed by atoms with Crippen molar-refractivity contribution in [2.24, 2.45) is 0 Å². The number of sulfonamides is 1. The van der Waals surface area contributed by atoms with Crippen LogP contribution >= 0.6 is 0 Å². The minimum absolute atomic E-state index is 0.0553. The average Bonchev–Trinajstić information content (AvgIpc) is 2.60. The third kappa shape index (κ3) is 4.83. The second kappa shape index (κ2) is 7.88. The Morgan fingerprint density at radius 1 is 1.12 bits per heavy atom. The molecule has 0 amide bonds. The number of piperazine rings is 1. The van der Waals surface area contributed by atoms with Gasteiger partial charge in [0.25, 0.3) is 0 Å². The Bertz CT molecular complexity index is 688. The Hall–Kier alpha value is -1.38. The molecular formula is C17H25FN2O4S. The van der Waals surface area contributed by atoms with Gasteiger partial charge in [-0.1, -0.05) is 6.07 Å². The first kappa shape index (κ1) is 18.4. The molecule has 140 valence electrons. The zero-order valence-corrected chi connectivity index (χ0v) is 15.3. The fourth-order valence-corrected chi connectivity index (χ4v) is 4.65. The number of halogens is 1. The number of hydrogen-bond donors (Lipinski definition) is 0. The molecule has 0 bridgehead atoms. The lowest BCUT2D eigenvalue weighted by molar-refractivity contribution is 0.168. The Labute approximate surface area is 148 Å². The van der Waals surface area contributed by atoms with Crippen molar-refractivity contribution in [1.82, 2.24) is 9.21 Å². The maximum atomic E-state index is 12.9. The number of hydrogen-bond acceptors (Lipinski definition) is 5. The van der Waals surface area contributed by atoms with E-state index in [9.17, 15) is 12.8 Å². The fourth-order valence-electron chi connectivity index (χ4n) is 3.05. The highest BCUT2D eigenvalue weighted by atomic mass is 32.2. The molecule has 1 aromatic carbocycles. The maximum absolute atomic E-state index is 12.9. The highest BCUT2D eigenvalue weighted by Crippen LogP contribution is 2.31. The van der Waals surface area contributed by atoms with Crippen molar-refractivity contribution in [2.75, 3.05) is 45.1 Å². The van der Waals surface area contributed by atoms with Crippen LogP contribution in [0.25, 0.3) is 0 Å². The lowest BCUT2D eigenvalue weighted by Gasteiger charge is -2.34. The van der Waals surface area contributed by atoms with E-state index in [4.69, 9.17) is 9.47 Å². The van der Waals surface area contributed by atoms with Crippen LogP contribution in [0.3, 0.4) is 0 Å². The molecular weight excluding hydrogens is 347 g/mol. The van der Waals surface area contributed by atoms with Crippen LogP contribution in [-0.2, 0) is 16.6 Å². The Kier molecular flexibility index (Phi) is 5.81. The van der Waals surface area contributed by atoms with Crippen LogP contribution in [0.15, 0.2) is 18.2 Å². The molecule has 1 saturated heterocycles. The Morgan fingerprint density at radius 2 is 1.80 bits per heavy atom. The van der Waals surface area contributed by atoms with E-state index in [-0.39, 0.29) is 12.2 Å². The van der Waals surface area contributed by atoms with Gasteiger partial charge in [-0.15, -0.1) is 0 Å². The summed E-state index contributed by atoms with van der Waals surface area (Å²) in [5.41, 5.74) is 1.12. The Balaban J connectivity index is 1.52. The maximum Gasteiger partial charge on any atom is 0.214 e. The van der Waals surface area contributed by atoms with Crippen LogP contribution in [-0.4, -0.2) is 68.9 Å². The van der Waals surface area contributed by atoms with Crippen molar-refractivity contribution in [1.29, 1.82) is 0 Å². The summed E-state index contributed by atoms with van der Waals surface area (Å²) in [7, 11) is -3.36. The van der Waals surface area contributed by atoms with Gasteiger partial charge in [-0.3, -0.25) is 4.90 Å². The molecule has 3 rings (SSSR count). The highest BCUT2D eigenvalue weighted by molar-refractivity contribution is 7.89. The van der Waals surface area contributed by atoms with Crippen molar-refractivity contribution in [3.8, 4) is 11.5 Å². The summed E-state index contributed by atoms with van der Waals surface area (Å²) < 4.78 is 50.0. The topological polar surface area (TPSA) is 59.1 Å². The zero-order chi connectivity index (χ0) is 17.9. The predicted molar refractivity (Wildman–Crippen MR) is 93.3 cm³/mol. The molecule has 1 fully saturated rings. The van der Waals surface area contributed by atoms with Gasteiger partial charge in [-0.25, -0.2) is 12.8 Å². The van der Waals surface area contributed by atoms with Crippen molar-refractivity contribution < 1.29 is 22.3 Å².